The SMILES string of the molecule is CC1CC2CCC(C(CC(=O)O)Nc3nc(-c4c[nH]c5ncc(Cl)cc45)ncc3F)(C1)C2. The Labute approximate surface area is 189 Å². The second-order valence-corrected chi connectivity index (χ2v) is 9.89. The standard InChI is InChI=1S/C23H25ClFN5O2/c1-12-4-13-2-3-23(7-12,8-13)18(6-19(31)32)29-22-17(25)11-28-21(30-22)16-10-27-20-15(16)5-14(24)9-26-20/h5,9-13,18H,2-4,6-8H2,1H3,(H,26,27)(H,31,32)(H,28,29,30). The highest BCUT2D eigenvalue weighted by Gasteiger charge is 2.49. The summed E-state index contributed by atoms with van der Waals surface area (Å²) < 4.78 is 14.8. The van der Waals surface area contributed by atoms with E-state index < -0.39 is 17.8 Å². The number of anilines is 1. The van der Waals surface area contributed by atoms with Crippen molar-refractivity contribution in [3.63, 3.8) is 0 Å². The van der Waals surface area contributed by atoms with Crippen LogP contribution in [0.4, 0.5) is 10.2 Å². The Morgan fingerprint density at radius 2 is 2.25 bits per heavy atom. The average Bonchev–Trinajstić information content (AvgIpc) is 3.29. The number of H-pyrrole nitrogens is 1. The number of carboxylic acids is 1. The quantitative estimate of drug-likeness (QED) is 0.465. The van der Waals surface area contributed by atoms with Crippen LogP contribution in [0.25, 0.3) is 22.4 Å². The molecule has 0 amide bonds. The van der Waals surface area contributed by atoms with E-state index in [0.717, 1.165) is 37.3 Å². The second kappa shape index (κ2) is 7.99. The van der Waals surface area contributed by atoms with Crippen molar-refractivity contribution in [1.82, 2.24) is 19.9 Å². The molecule has 168 valence electrons. The minimum atomic E-state index is -0.898. The summed E-state index contributed by atoms with van der Waals surface area (Å²) in [5, 5.41) is 14.0. The zero-order valence-electron chi connectivity index (χ0n) is 17.7. The molecule has 0 aromatic carbocycles. The number of carbonyl (C=O) groups is 1. The van der Waals surface area contributed by atoms with Crippen molar-refractivity contribution >= 4 is 34.4 Å². The molecular weight excluding hydrogens is 433 g/mol. The van der Waals surface area contributed by atoms with Gasteiger partial charge < -0.3 is 15.4 Å². The fourth-order valence-corrected chi connectivity index (χ4v) is 6.14. The second-order valence-electron chi connectivity index (χ2n) is 9.45. The first-order chi connectivity index (χ1) is 15.3. The summed E-state index contributed by atoms with van der Waals surface area (Å²) in [6.07, 6.45) is 9.46. The fourth-order valence-electron chi connectivity index (χ4n) is 5.98. The lowest BCUT2D eigenvalue weighted by Gasteiger charge is -2.43. The summed E-state index contributed by atoms with van der Waals surface area (Å²) in [5.41, 5.74) is 1.12. The third kappa shape index (κ3) is 3.81. The van der Waals surface area contributed by atoms with E-state index in [9.17, 15) is 14.3 Å². The van der Waals surface area contributed by atoms with Gasteiger partial charge in [0.25, 0.3) is 0 Å². The number of nitrogens with one attached hydrogen (secondary N) is 2. The molecule has 9 heteroatoms. The Morgan fingerprint density at radius 1 is 1.41 bits per heavy atom. The van der Waals surface area contributed by atoms with Crippen LogP contribution in [0.15, 0.2) is 24.7 Å². The van der Waals surface area contributed by atoms with Crippen molar-refractivity contribution in [2.75, 3.05) is 5.32 Å². The predicted molar refractivity (Wildman–Crippen MR) is 120 cm³/mol. The minimum Gasteiger partial charge on any atom is -0.481 e. The Hall–Kier alpha value is -2.74. The molecule has 2 aliphatic rings. The molecule has 0 saturated heterocycles. The summed E-state index contributed by atoms with van der Waals surface area (Å²) in [5.74, 6) is -0.00555. The van der Waals surface area contributed by atoms with E-state index >= 15 is 0 Å². The number of aromatic amines is 1. The van der Waals surface area contributed by atoms with Crippen LogP contribution in [0, 0.1) is 23.1 Å². The molecule has 7 nitrogen and oxygen atoms in total. The third-order valence-corrected chi connectivity index (χ3v) is 7.35. The van der Waals surface area contributed by atoms with Gasteiger partial charge in [0.1, 0.15) is 5.65 Å². The first-order valence-electron chi connectivity index (χ1n) is 11.0. The van der Waals surface area contributed by atoms with Gasteiger partial charge in [-0.15, -0.1) is 0 Å². The van der Waals surface area contributed by atoms with Crippen molar-refractivity contribution in [3.05, 3.63) is 35.5 Å². The molecule has 0 spiro atoms. The van der Waals surface area contributed by atoms with Crippen LogP contribution in [0.3, 0.4) is 0 Å². The maximum atomic E-state index is 14.8. The topological polar surface area (TPSA) is 104 Å². The minimum absolute atomic E-state index is 0.0293. The van der Waals surface area contributed by atoms with Crippen molar-refractivity contribution in [2.45, 2.75) is 51.5 Å². The molecule has 0 aliphatic heterocycles. The number of hydrogen-bond donors (Lipinski definition) is 3. The van der Waals surface area contributed by atoms with Crippen molar-refractivity contribution in [1.29, 1.82) is 0 Å². The van der Waals surface area contributed by atoms with Gasteiger partial charge in [-0.05, 0) is 55.4 Å². The van der Waals surface area contributed by atoms with Crippen molar-refractivity contribution < 1.29 is 14.3 Å². The van der Waals surface area contributed by atoms with E-state index in [1.165, 1.54) is 6.42 Å². The molecule has 3 aromatic rings. The molecule has 2 aliphatic carbocycles. The highest BCUT2D eigenvalue weighted by atomic mass is 35.5. The van der Waals surface area contributed by atoms with Gasteiger partial charge in [-0.3, -0.25) is 4.79 Å². The molecule has 2 bridgehead atoms. The Kier molecular flexibility index (Phi) is 5.28. The van der Waals surface area contributed by atoms with E-state index in [1.54, 1.807) is 18.5 Å². The lowest BCUT2D eigenvalue weighted by molar-refractivity contribution is -0.138. The molecule has 4 atom stereocenters. The molecule has 3 N–H and O–H groups in total. The van der Waals surface area contributed by atoms with Gasteiger partial charge in [-0.25, -0.2) is 19.3 Å². The first-order valence-corrected chi connectivity index (χ1v) is 11.3. The monoisotopic (exact) mass is 457 g/mol. The van der Waals surface area contributed by atoms with E-state index in [0.29, 0.717) is 33.9 Å². The molecule has 3 heterocycles. The van der Waals surface area contributed by atoms with Crippen LogP contribution < -0.4 is 5.32 Å². The molecule has 4 unspecified atom stereocenters. The van der Waals surface area contributed by atoms with Crippen LogP contribution in [0.2, 0.25) is 5.02 Å². The van der Waals surface area contributed by atoms with E-state index in [2.05, 4.69) is 32.2 Å². The summed E-state index contributed by atoms with van der Waals surface area (Å²) in [6, 6.07) is 1.35. The van der Waals surface area contributed by atoms with Crippen LogP contribution in [0.5, 0.6) is 0 Å². The van der Waals surface area contributed by atoms with Gasteiger partial charge in [-0.2, -0.15) is 0 Å². The number of rotatable bonds is 6. The zero-order valence-corrected chi connectivity index (χ0v) is 18.5. The lowest BCUT2D eigenvalue weighted by atomic mass is 9.66. The van der Waals surface area contributed by atoms with E-state index in [4.69, 9.17) is 11.6 Å². The van der Waals surface area contributed by atoms with Gasteiger partial charge in [0.05, 0.1) is 17.6 Å². The van der Waals surface area contributed by atoms with Gasteiger partial charge in [0, 0.05) is 29.4 Å². The Bertz CT molecular complexity index is 1180. The third-order valence-electron chi connectivity index (χ3n) is 7.15. The number of carboxylic acid groups (broad SMARTS) is 1. The average molecular weight is 458 g/mol. The van der Waals surface area contributed by atoms with Crippen molar-refractivity contribution in [3.8, 4) is 11.4 Å². The molecular formula is C23H25ClFN5O2. The van der Waals surface area contributed by atoms with E-state index in [-0.39, 0.29) is 17.7 Å². The van der Waals surface area contributed by atoms with Gasteiger partial charge in [0.15, 0.2) is 17.5 Å². The van der Waals surface area contributed by atoms with Gasteiger partial charge in [-0.1, -0.05) is 18.5 Å². The smallest absolute Gasteiger partial charge is 0.305 e. The first kappa shape index (κ1) is 21.1. The normalized spacial score (nSPS) is 25.7. The van der Waals surface area contributed by atoms with Crippen LogP contribution in [0.1, 0.15) is 45.4 Å². The summed E-state index contributed by atoms with van der Waals surface area (Å²) in [7, 11) is 0. The molecule has 5 rings (SSSR count). The lowest BCUT2D eigenvalue weighted by Crippen LogP contribution is -2.43. The molecule has 2 fully saturated rings. The summed E-state index contributed by atoms with van der Waals surface area (Å²) in [6.45, 7) is 2.23. The van der Waals surface area contributed by atoms with Crippen LogP contribution >= 0.6 is 11.6 Å². The number of nitrogens with zero attached hydrogens (tertiary/aromatic N) is 3. The molecule has 2 saturated carbocycles. The predicted octanol–water partition coefficient (Wildman–Crippen LogP) is 5.28. The number of hydrogen-bond acceptors (Lipinski definition) is 5. The van der Waals surface area contributed by atoms with Gasteiger partial charge in [0.2, 0.25) is 0 Å². The number of aromatic nitrogens is 4. The number of aliphatic carboxylic acids is 1. The number of halogens is 2. The summed E-state index contributed by atoms with van der Waals surface area (Å²) >= 11 is 6.10. The molecule has 0 radical (unpaired) electrons. The highest BCUT2D eigenvalue weighted by molar-refractivity contribution is 6.31. The highest BCUT2D eigenvalue weighted by Crippen LogP contribution is 2.56. The van der Waals surface area contributed by atoms with Crippen molar-refractivity contribution in [2.24, 2.45) is 17.3 Å². The fraction of sp³-hybridized carbons (Fsp3) is 0.478. The van der Waals surface area contributed by atoms with E-state index in [1.807, 2.05) is 0 Å². The zero-order chi connectivity index (χ0) is 22.5. The largest absolute Gasteiger partial charge is 0.481 e. The van der Waals surface area contributed by atoms with Gasteiger partial charge >= 0.3 is 5.97 Å². The Balaban J connectivity index is 1.50. The number of pyridine rings is 1. The van der Waals surface area contributed by atoms with Crippen LogP contribution in [-0.4, -0.2) is 37.1 Å². The maximum Gasteiger partial charge on any atom is 0.305 e. The van der Waals surface area contributed by atoms with Crippen LogP contribution in [-0.2, 0) is 4.79 Å². The Morgan fingerprint density at radius 3 is 3.06 bits per heavy atom. The summed E-state index contributed by atoms with van der Waals surface area (Å²) in [4.78, 5) is 27.6. The molecule has 3 aromatic heterocycles. The number of fused-ring (bicyclic) bond motifs is 3. The maximum absolute atomic E-state index is 14.8. The molecule has 32 heavy (non-hydrogen) atoms.